The second-order valence-corrected chi connectivity index (χ2v) is 10.8. The summed E-state index contributed by atoms with van der Waals surface area (Å²) in [5.74, 6) is -0.695. The van der Waals surface area contributed by atoms with Gasteiger partial charge in [0, 0.05) is 4.88 Å². The van der Waals surface area contributed by atoms with Gasteiger partial charge in [0.2, 0.25) is 5.91 Å². The van der Waals surface area contributed by atoms with Crippen LogP contribution in [0.15, 0.2) is 34.2 Å². The van der Waals surface area contributed by atoms with E-state index in [2.05, 4.69) is 11.4 Å². The Morgan fingerprint density at radius 3 is 2.85 bits per heavy atom. The Hall–Kier alpha value is -2.70. The zero-order valence-electron chi connectivity index (χ0n) is 18.2. The molecule has 2 aromatic heterocycles. The topological polar surface area (TPSA) is 87.8 Å². The zero-order chi connectivity index (χ0) is 23.2. The van der Waals surface area contributed by atoms with E-state index in [-0.39, 0.29) is 34.0 Å². The number of carbonyl (C=O) groups excluding carboxylic acids is 1. The molecule has 1 atom stereocenters. The summed E-state index contributed by atoms with van der Waals surface area (Å²) in [6.07, 6.45) is 5.70. The van der Waals surface area contributed by atoms with Crippen molar-refractivity contribution in [2.75, 3.05) is 5.75 Å². The molecule has 6 nitrogen and oxygen atoms in total. The largest absolute Gasteiger partial charge is 0.337 e. The van der Waals surface area contributed by atoms with Crippen LogP contribution in [0.2, 0.25) is 0 Å². The lowest BCUT2D eigenvalue weighted by Crippen LogP contribution is -2.47. The van der Waals surface area contributed by atoms with Crippen LogP contribution in [0, 0.1) is 23.1 Å². The Bertz CT molecular complexity index is 1350. The molecule has 1 saturated carbocycles. The van der Waals surface area contributed by atoms with E-state index in [0.29, 0.717) is 10.2 Å². The quantitative estimate of drug-likeness (QED) is 0.417. The average Bonchev–Trinajstić information content (AvgIpc) is 3.60. The predicted molar refractivity (Wildman–Crippen MR) is 127 cm³/mol. The van der Waals surface area contributed by atoms with Crippen LogP contribution in [0.5, 0.6) is 0 Å². The Morgan fingerprint density at radius 2 is 2.12 bits per heavy atom. The maximum atomic E-state index is 14.8. The lowest BCUT2D eigenvalue weighted by atomic mass is 9.97. The molecule has 3 aromatic rings. The number of nitriles is 1. The highest BCUT2D eigenvalue weighted by molar-refractivity contribution is 7.99. The molecule has 1 amide bonds. The standard InChI is InChI=1S/C24H23FN4O2S2/c1-24(13-26,14-10-11-14)28-19(30)12-32-23-27-21-20(15-6-2-5-9-18(15)33-21)22(31)29(23)17-8-4-3-7-16(17)25/h3-4,7-8,14H,2,5-6,9-12H2,1H3,(H,28,30). The number of aromatic nitrogens is 2. The Balaban J connectivity index is 1.54. The first-order chi connectivity index (χ1) is 15.9. The minimum Gasteiger partial charge on any atom is -0.337 e. The van der Waals surface area contributed by atoms with Crippen molar-refractivity contribution in [3.05, 3.63) is 50.9 Å². The Morgan fingerprint density at radius 1 is 1.36 bits per heavy atom. The molecule has 33 heavy (non-hydrogen) atoms. The maximum Gasteiger partial charge on any atom is 0.267 e. The molecule has 5 rings (SSSR count). The first kappa shape index (κ1) is 22.1. The molecule has 170 valence electrons. The van der Waals surface area contributed by atoms with Crippen molar-refractivity contribution in [1.29, 1.82) is 5.26 Å². The number of nitrogens with one attached hydrogen (secondary N) is 1. The minimum atomic E-state index is -0.896. The normalized spacial score (nSPS) is 17.2. The number of benzene rings is 1. The van der Waals surface area contributed by atoms with Gasteiger partial charge in [0.15, 0.2) is 5.16 Å². The van der Waals surface area contributed by atoms with Gasteiger partial charge in [0.1, 0.15) is 16.2 Å². The molecule has 2 aliphatic carbocycles. The van der Waals surface area contributed by atoms with Gasteiger partial charge in [-0.3, -0.25) is 14.2 Å². The number of hydrogen-bond donors (Lipinski definition) is 1. The summed E-state index contributed by atoms with van der Waals surface area (Å²) in [5.41, 5.74) is -0.0393. The lowest BCUT2D eigenvalue weighted by molar-refractivity contribution is -0.119. The summed E-state index contributed by atoms with van der Waals surface area (Å²) < 4.78 is 16.0. The molecule has 0 radical (unpaired) electrons. The number of thiophene rings is 1. The summed E-state index contributed by atoms with van der Waals surface area (Å²) >= 11 is 2.61. The van der Waals surface area contributed by atoms with E-state index in [1.807, 2.05) is 0 Å². The SMILES string of the molecule is CC(C#N)(NC(=O)CSc1nc2sc3c(c2c(=O)n1-c1ccccc1F)CCCC3)C1CC1. The molecule has 9 heteroatoms. The van der Waals surface area contributed by atoms with E-state index >= 15 is 0 Å². The average molecular weight is 483 g/mol. The number of fused-ring (bicyclic) bond motifs is 3. The Kier molecular flexibility index (Phi) is 5.75. The highest BCUT2D eigenvalue weighted by Gasteiger charge is 2.43. The third-order valence-corrected chi connectivity index (χ3v) is 8.53. The third-order valence-electron chi connectivity index (χ3n) is 6.41. The monoisotopic (exact) mass is 482 g/mol. The number of hydrogen-bond acceptors (Lipinski definition) is 6. The number of aryl methyl sites for hydroxylation is 2. The number of carbonyl (C=O) groups is 1. The van der Waals surface area contributed by atoms with Crippen LogP contribution in [0.25, 0.3) is 15.9 Å². The smallest absolute Gasteiger partial charge is 0.267 e. The molecule has 1 aromatic carbocycles. The van der Waals surface area contributed by atoms with Crippen LogP contribution < -0.4 is 10.9 Å². The van der Waals surface area contributed by atoms with Gasteiger partial charge in [0.25, 0.3) is 5.56 Å². The van der Waals surface area contributed by atoms with E-state index in [1.54, 1.807) is 25.1 Å². The van der Waals surface area contributed by atoms with Crippen molar-refractivity contribution >= 4 is 39.2 Å². The second-order valence-electron chi connectivity index (χ2n) is 8.80. The fourth-order valence-corrected chi connectivity index (χ4v) is 6.57. The molecule has 0 saturated heterocycles. The van der Waals surface area contributed by atoms with Crippen molar-refractivity contribution in [1.82, 2.24) is 14.9 Å². The van der Waals surface area contributed by atoms with Gasteiger partial charge in [0.05, 0.1) is 22.9 Å². The molecule has 1 fully saturated rings. The molecule has 2 aliphatic rings. The lowest BCUT2D eigenvalue weighted by Gasteiger charge is -2.22. The van der Waals surface area contributed by atoms with Crippen LogP contribution in [0.3, 0.4) is 0 Å². The van der Waals surface area contributed by atoms with E-state index in [0.717, 1.165) is 55.9 Å². The zero-order valence-corrected chi connectivity index (χ0v) is 19.8. The van der Waals surface area contributed by atoms with Crippen molar-refractivity contribution in [3.63, 3.8) is 0 Å². The van der Waals surface area contributed by atoms with E-state index < -0.39 is 11.4 Å². The molecule has 0 aliphatic heterocycles. The maximum absolute atomic E-state index is 14.8. The third kappa shape index (κ3) is 4.06. The molecule has 0 spiro atoms. The molecular weight excluding hydrogens is 459 g/mol. The van der Waals surface area contributed by atoms with Gasteiger partial charge in [-0.2, -0.15) is 5.26 Å². The highest BCUT2D eigenvalue weighted by Crippen LogP contribution is 2.39. The fraction of sp³-hybridized carbons (Fsp3) is 0.417. The van der Waals surface area contributed by atoms with Crippen molar-refractivity contribution in [2.45, 2.75) is 56.1 Å². The predicted octanol–water partition coefficient (Wildman–Crippen LogP) is 4.37. The van der Waals surface area contributed by atoms with Crippen LogP contribution in [-0.4, -0.2) is 26.8 Å². The molecule has 2 heterocycles. The summed E-state index contributed by atoms with van der Waals surface area (Å²) in [6, 6.07) is 8.32. The van der Waals surface area contributed by atoms with Gasteiger partial charge in [-0.1, -0.05) is 23.9 Å². The van der Waals surface area contributed by atoms with Crippen molar-refractivity contribution in [2.24, 2.45) is 5.92 Å². The summed E-state index contributed by atoms with van der Waals surface area (Å²) in [6.45, 7) is 1.74. The summed E-state index contributed by atoms with van der Waals surface area (Å²) in [5, 5.41) is 13.2. The first-order valence-corrected chi connectivity index (χ1v) is 12.9. The van der Waals surface area contributed by atoms with E-state index in [9.17, 15) is 19.2 Å². The number of halogens is 1. The Labute approximate surface area is 198 Å². The van der Waals surface area contributed by atoms with Gasteiger partial charge in [-0.15, -0.1) is 11.3 Å². The van der Waals surface area contributed by atoms with Crippen LogP contribution in [-0.2, 0) is 17.6 Å². The molecule has 0 bridgehead atoms. The highest BCUT2D eigenvalue weighted by atomic mass is 32.2. The number of nitrogens with zero attached hydrogens (tertiary/aromatic N) is 3. The van der Waals surface area contributed by atoms with Gasteiger partial charge >= 0.3 is 0 Å². The summed E-state index contributed by atoms with van der Waals surface area (Å²) in [4.78, 5) is 32.9. The first-order valence-electron chi connectivity index (χ1n) is 11.1. The van der Waals surface area contributed by atoms with Gasteiger partial charge in [-0.25, -0.2) is 9.37 Å². The van der Waals surface area contributed by atoms with Crippen molar-refractivity contribution < 1.29 is 9.18 Å². The van der Waals surface area contributed by atoms with E-state index in [1.165, 1.54) is 26.8 Å². The molecule has 1 N–H and O–H groups in total. The molecular formula is C24H23FN4O2S2. The number of amides is 1. The number of rotatable bonds is 6. The number of thioether (sulfide) groups is 1. The fourth-order valence-electron chi connectivity index (χ4n) is 4.47. The van der Waals surface area contributed by atoms with E-state index in [4.69, 9.17) is 4.98 Å². The second kappa shape index (κ2) is 8.58. The van der Waals surface area contributed by atoms with Crippen LogP contribution in [0.4, 0.5) is 4.39 Å². The number of para-hydroxylation sites is 1. The van der Waals surface area contributed by atoms with Gasteiger partial charge in [-0.05, 0) is 69.1 Å². The van der Waals surface area contributed by atoms with Gasteiger partial charge < -0.3 is 5.32 Å². The van der Waals surface area contributed by atoms with Crippen molar-refractivity contribution in [3.8, 4) is 11.8 Å². The van der Waals surface area contributed by atoms with Crippen LogP contribution >= 0.6 is 23.1 Å². The van der Waals surface area contributed by atoms with Crippen LogP contribution in [0.1, 0.15) is 43.0 Å². The minimum absolute atomic E-state index is 0.0263. The summed E-state index contributed by atoms with van der Waals surface area (Å²) in [7, 11) is 0. The molecule has 1 unspecified atom stereocenters.